The molecule has 1 heterocycles. The molecule has 368 valence electrons. The summed E-state index contributed by atoms with van der Waals surface area (Å²) in [5.74, 6) is -1.02. The number of likely N-dealkylation sites (N-methyl/N-ethyl adjacent to an activating group) is 1. The number of esters is 1. The zero-order chi connectivity index (χ0) is 50.1. The number of rotatable bonds is 23. The molecule has 0 spiro atoms. The van der Waals surface area contributed by atoms with Gasteiger partial charge in [-0.15, -0.1) is 0 Å². The Bertz CT molecular complexity index is 2110. The Morgan fingerprint density at radius 1 is 0.833 bits per heavy atom. The van der Waals surface area contributed by atoms with Crippen LogP contribution in [0.4, 0.5) is 0 Å². The first kappa shape index (κ1) is 56.6. The number of nitrogens with zero attached hydrogens (tertiary/aromatic N) is 1. The van der Waals surface area contributed by atoms with Crippen LogP contribution >= 0.6 is 15.9 Å². The minimum absolute atomic E-state index is 0.120. The Hall–Kier alpha value is -3.73. The van der Waals surface area contributed by atoms with Crippen LogP contribution in [0.25, 0.3) is 10.9 Å². The van der Waals surface area contributed by atoms with E-state index < -0.39 is 58.5 Å². The highest BCUT2D eigenvalue weighted by molar-refractivity contribution is 9.10. The van der Waals surface area contributed by atoms with E-state index in [1.165, 1.54) is 12.0 Å². The fraction of sp³-hybridized carbons (Fsp3) is 0.615. The predicted molar refractivity (Wildman–Crippen MR) is 279 cm³/mol. The monoisotopic (exact) mass is 1010 g/mol. The van der Waals surface area contributed by atoms with Crippen molar-refractivity contribution in [3.05, 3.63) is 75.9 Å². The van der Waals surface area contributed by atoms with Crippen molar-refractivity contribution in [2.45, 2.75) is 182 Å². The van der Waals surface area contributed by atoms with Crippen molar-refractivity contribution in [1.29, 1.82) is 0 Å². The molecule has 0 saturated carbocycles. The maximum absolute atomic E-state index is 14.7. The second kappa shape index (κ2) is 24.0. The second-order valence-electron chi connectivity index (χ2n) is 21.2. The van der Waals surface area contributed by atoms with Crippen molar-refractivity contribution in [2.24, 2.45) is 11.8 Å². The Morgan fingerprint density at radius 3 is 1.95 bits per heavy atom. The van der Waals surface area contributed by atoms with Crippen LogP contribution < -0.4 is 15.1 Å². The van der Waals surface area contributed by atoms with Crippen LogP contribution in [-0.2, 0) is 34.8 Å². The Kier molecular flexibility index (Phi) is 20.6. The largest absolute Gasteiger partial charge is 0.543 e. The maximum Gasteiger partial charge on any atom is 0.307 e. The quantitative estimate of drug-likeness (QED) is 0.0488. The van der Waals surface area contributed by atoms with Gasteiger partial charge in [0.1, 0.15) is 17.8 Å². The summed E-state index contributed by atoms with van der Waals surface area (Å²) in [5.41, 5.74) is 4.62. The van der Waals surface area contributed by atoms with Gasteiger partial charge in [-0.25, -0.2) is 0 Å². The number of halogens is 1. The molecule has 3 rings (SSSR count). The van der Waals surface area contributed by atoms with Gasteiger partial charge >= 0.3 is 5.97 Å². The first-order chi connectivity index (χ1) is 30.6. The smallest absolute Gasteiger partial charge is 0.307 e. The number of para-hydroxylation sites is 1. The summed E-state index contributed by atoms with van der Waals surface area (Å²) >= 11 is 3.67. The Morgan fingerprint density at radius 2 is 1.41 bits per heavy atom. The molecule has 3 aromatic rings. The minimum Gasteiger partial charge on any atom is -0.543 e. The van der Waals surface area contributed by atoms with E-state index in [2.05, 4.69) is 127 Å². The summed E-state index contributed by atoms with van der Waals surface area (Å²) in [7, 11) is -1.23. The number of fused-ring (bicyclic) bond motifs is 1. The topological polar surface area (TPSA) is 139 Å². The van der Waals surface area contributed by atoms with Crippen LogP contribution in [0.15, 0.2) is 64.8 Å². The first-order valence-electron chi connectivity index (χ1n) is 23.9. The number of benzene rings is 2. The number of methoxy groups -OCH3 is 1. The number of hydrogen-bond acceptors (Lipinski definition) is 7. The molecule has 0 unspecified atom stereocenters. The number of hydrogen-bond donors (Lipinski definition) is 3. The zero-order valence-corrected chi connectivity index (χ0v) is 47.0. The van der Waals surface area contributed by atoms with Gasteiger partial charge < -0.3 is 34.1 Å². The molecule has 0 radical (unpaired) electrons. The molecule has 0 fully saturated rings. The molecule has 66 heavy (non-hydrogen) atoms. The summed E-state index contributed by atoms with van der Waals surface area (Å²) in [6, 6.07) is 12.6. The Labute approximate surface area is 407 Å². The number of aromatic nitrogens is 1. The van der Waals surface area contributed by atoms with E-state index in [-0.39, 0.29) is 35.8 Å². The van der Waals surface area contributed by atoms with Gasteiger partial charge in [0.15, 0.2) is 8.32 Å². The van der Waals surface area contributed by atoms with Gasteiger partial charge in [0.2, 0.25) is 17.7 Å². The van der Waals surface area contributed by atoms with Crippen molar-refractivity contribution >= 4 is 67.2 Å². The van der Waals surface area contributed by atoms with Crippen molar-refractivity contribution in [1.82, 2.24) is 20.5 Å². The fourth-order valence-electron chi connectivity index (χ4n) is 9.39. The van der Waals surface area contributed by atoms with Crippen molar-refractivity contribution in [3.8, 4) is 5.75 Å². The van der Waals surface area contributed by atoms with Crippen molar-refractivity contribution < 1.29 is 32.8 Å². The van der Waals surface area contributed by atoms with E-state index >= 15 is 0 Å². The molecule has 3 amide bonds. The van der Waals surface area contributed by atoms with Crippen LogP contribution in [0.5, 0.6) is 5.75 Å². The standard InChI is InChI=1S/C52H83BrN4O7Si2/c1-32(2)66(33(3)4,34(5)6)64-41-25-23-40(24-26-41)45(31-47(58)62-16)56-50(60)46(30-43-42-21-19-20-22-44(42)55-48(43)53)57(15)51(61)39(11)54-49(59)37(9)28-35(7)27-36(8)29-38(10)63-65(17,18)52(12,13)14/h19-27,32-34,36-39,45-46,55H,28-31H2,1-18H3,(H,54,59)(H,56,60)/b35-27+/t36-,37-,38-,39-,45+,46+/m0/s1. The Balaban J connectivity index is 1.87. The number of carbonyl (C=O) groups excluding carboxylic acids is 4. The van der Waals surface area contributed by atoms with Crippen LogP contribution in [0.3, 0.4) is 0 Å². The molecule has 0 aliphatic heterocycles. The summed E-state index contributed by atoms with van der Waals surface area (Å²) in [6.45, 7) is 34.6. The number of carbonyl (C=O) groups is 4. The van der Waals surface area contributed by atoms with Crippen LogP contribution in [0.2, 0.25) is 34.8 Å². The highest BCUT2D eigenvalue weighted by Crippen LogP contribution is 2.43. The number of amides is 3. The highest BCUT2D eigenvalue weighted by Gasteiger charge is 2.47. The number of H-pyrrole nitrogens is 1. The van der Waals surface area contributed by atoms with Gasteiger partial charge in [-0.3, -0.25) is 19.2 Å². The lowest BCUT2D eigenvalue weighted by atomic mass is 9.95. The molecule has 3 N–H and O–H groups in total. The molecular weight excluding hydrogens is 929 g/mol. The number of allylic oxidation sites excluding steroid dienone is 2. The molecular formula is C52H83BrN4O7Si2. The highest BCUT2D eigenvalue weighted by atomic mass is 79.9. The van der Waals surface area contributed by atoms with E-state index in [1.807, 2.05) is 62.4 Å². The number of ether oxygens (including phenoxy) is 1. The first-order valence-corrected chi connectivity index (χ1v) is 29.7. The second-order valence-corrected chi connectivity index (χ2v) is 32.1. The van der Waals surface area contributed by atoms with Gasteiger partial charge in [-0.1, -0.05) is 118 Å². The van der Waals surface area contributed by atoms with Crippen molar-refractivity contribution in [2.75, 3.05) is 14.2 Å². The van der Waals surface area contributed by atoms with E-state index in [1.54, 1.807) is 14.0 Å². The van der Waals surface area contributed by atoms with Gasteiger partial charge in [-0.05, 0) is 120 Å². The molecule has 0 bridgehead atoms. The average molecular weight is 1010 g/mol. The number of aromatic amines is 1. The molecule has 2 aromatic carbocycles. The molecule has 0 saturated heterocycles. The predicted octanol–water partition coefficient (Wildman–Crippen LogP) is 12.2. The fourth-order valence-corrected chi connectivity index (χ4v) is 16.7. The molecule has 6 atom stereocenters. The van der Waals surface area contributed by atoms with Gasteiger partial charge in [-0.2, -0.15) is 0 Å². The summed E-state index contributed by atoms with van der Waals surface area (Å²) in [6.07, 6.45) is 3.77. The van der Waals surface area contributed by atoms with E-state index in [0.29, 0.717) is 33.2 Å². The average Bonchev–Trinajstić information content (AvgIpc) is 3.53. The molecule has 14 heteroatoms. The lowest BCUT2D eigenvalue weighted by Crippen LogP contribution is -2.55. The van der Waals surface area contributed by atoms with Crippen molar-refractivity contribution in [3.63, 3.8) is 0 Å². The zero-order valence-electron chi connectivity index (χ0n) is 43.4. The third-order valence-electron chi connectivity index (χ3n) is 13.9. The summed E-state index contributed by atoms with van der Waals surface area (Å²) in [5, 5.41) is 7.08. The van der Waals surface area contributed by atoms with Crippen LogP contribution in [0, 0.1) is 11.8 Å². The normalized spacial score (nSPS) is 15.6. The lowest BCUT2D eigenvalue weighted by molar-refractivity contribution is -0.143. The van der Waals surface area contributed by atoms with Crippen LogP contribution in [-0.4, -0.2) is 82.6 Å². The molecule has 0 aliphatic carbocycles. The third kappa shape index (κ3) is 14.6. The van der Waals surface area contributed by atoms with E-state index in [4.69, 9.17) is 13.6 Å². The SMILES string of the molecule is COC(=O)C[C@@H](NC(=O)[C@@H](Cc1c(Br)[nH]c2ccccc12)N(C)C(=O)[C@H](C)NC(=O)[C@@H](C)C/C(C)=C/[C@H](C)C[C@H](C)O[Si](C)(C)C(C)(C)C)c1ccc(O[Si](C(C)C)(C(C)C)C(C)C)cc1. The van der Waals surface area contributed by atoms with E-state index in [9.17, 15) is 19.2 Å². The molecule has 0 aliphatic rings. The lowest BCUT2D eigenvalue weighted by Gasteiger charge is -2.42. The molecule has 1 aromatic heterocycles. The number of nitrogens with one attached hydrogen (secondary N) is 3. The minimum atomic E-state index is -2.24. The van der Waals surface area contributed by atoms with E-state index in [0.717, 1.165) is 34.2 Å². The van der Waals surface area contributed by atoms with Gasteiger partial charge in [0, 0.05) is 36.4 Å². The summed E-state index contributed by atoms with van der Waals surface area (Å²) < 4.78 is 19.3. The van der Waals surface area contributed by atoms with Crippen LogP contribution in [0.1, 0.15) is 133 Å². The van der Waals surface area contributed by atoms with Gasteiger partial charge in [0.05, 0.1) is 24.2 Å². The summed E-state index contributed by atoms with van der Waals surface area (Å²) in [4.78, 5) is 60.3. The third-order valence-corrected chi connectivity index (χ3v) is 25.1. The molecule has 11 nitrogen and oxygen atoms in total. The van der Waals surface area contributed by atoms with Gasteiger partial charge in [0.25, 0.3) is 8.32 Å². The maximum atomic E-state index is 14.7.